The quantitative estimate of drug-likeness (QED) is 0.429. The average Bonchev–Trinajstić information content (AvgIpc) is 3.20. The lowest BCUT2D eigenvalue weighted by atomic mass is 10.1. The van der Waals surface area contributed by atoms with Gasteiger partial charge in [-0.05, 0) is 48.5 Å². The Labute approximate surface area is 183 Å². The summed E-state index contributed by atoms with van der Waals surface area (Å²) in [6.07, 6.45) is 1.24. The second-order valence-corrected chi connectivity index (χ2v) is 7.44. The number of carboxylic acid groups (broad SMARTS) is 1. The van der Waals surface area contributed by atoms with Crippen molar-refractivity contribution in [2.75, 3.05) is 4.90 Å². The number of carbonyl (C=O) groups excluding carboxylic acids is 3. The van der Waals surface area contributed by atoms with Gasteiger partial charge in [0.1, 0.15) is 17.1 Å². The first-order chi connectivity index (χ1) is 14.8. The molecular formula is C22H13BrN2O6. The minimum absolute atomic E-state index is 0.0961. The number of anilines is 1. The van der Waals surface area contributed by atoms with Crippen molar-refractivity contribution in [3.63, 3.8) is 0 Å². The number of halogens is 1. The lowest BCUT2D eigenvalue weighted by molar-refractivity contribution is -0.122. The molecule has 154 valence electrons. The number of aromatic carboxylic acids is 1. The number of barbiturate groups is 1. The molecule has 4 rings (SSSR count). The topological polar surface area (TPSA) is 117 Å². The van der Waals surface area contributed by atoms with Gasteiger partial charge in [-0.1, -0.05) is 34.1 Å². The standard InChI is InChI=1S/C22H13BrN2O6/c23-14-5-2-6-15(10-14)25-20(27)17(19(26)24-22(25)30)11-16-7-8-18(31-16)12-3-1-4-13(9-12)21(28)29/h1-11H,(H,28,29)(H,24,26,30)/b17-11+. The van der Waals surface area contributed by atoms with Gasteiger partial charge in [0.25, 0.3) is 11.8 Å². The number of rotatable bonds is 4. The molecule has 0 bridgehead atoms. The zero-order chi connectivity index (χ0) is 22.1. The Morgan fingerprint density at radius 2 is 1.81 bits per heavy atom. The number of hydrogen-bond acceptors (Lipinski definition) is 5. The van der Waals surface area contributed by atoms with Crippen LogP contribution in [0.2, 0.25) is 0 Å². The van der Waals surface area contributed by atoms with Crippen molar-refractivity contribution in [3.8, 4) is 11.3 Å². The van der Waals surface area contributed by atoms with E-state index in [2.05, 4.69) is 21.2 Å². The highest BCUT2D eigenvalue weighted by Crippen LogP contribution is 2.27. The first-order valence-electron chi connectivity index (χ1n) is 8.94. The van der Waals surface area contributed by atoms with Crippen LogP contribution in [0.3, 0.4) is 0 Å². The molecule has 0 radical (unpaired) electrons. The highest BCUT2D eigenvalue weighted by Gasteiger charge is 2.37. The molecule has 0 saturated carbocycles. The molecule has 0 aliphatic carbocycles. The van der Waals surface area contributed by atoms with Crippen LogP contribution in [0.25, 0.3) is 17.4 Å². The van der Waals surface area contributed by atoms with Crippen molar-refractivity contribution in [3.05, 3.63) is 82.0 Å². The van der Waals surface area contributed by atoms with Crippen LogP contribution in [0.1, 0.15) is 16.1 Å². The number of urea groups is 1. The summed E-state index contributed by atoms with van der Waals surface area (Å²) in [5.41, 5.74) is 0.634. The van der Waals surface area contributed by atoms with E-state index in [-0.39, 0.29) is 16.9 Å². The Hall–Kier alpha value is -3.98. The average molecular weight is 481 g/mol. The number of imide groups is 2. The van der Waals surface area contributed by atoms with Crippen molar-refractivity contribution < 1.29 is 28.7 Å². The highest BCUT2D eigenvalue weighted by atomic mass is 79.9. The Kier molecular flexibility index (Phi) is 5.26. The maximum atomic E-state index is 12.9. The van der Waals surface area contributed by atoms with E-state index in [1.807, 2.05) is 0 Å². The highest BCUT2D eigenvalue weighted by molar-refractivity contribution is 9.10. The van der Waals surface area contributed by atoms with Gasteiger partial charge in [-0.3, -0.25) is 14.9 Å². The van der Waals surface area contributed by atoms with Gasteiger partial charge in [-0.2, -0.15) is 0 Å². The summed E-state index contributed by atoms with van der Waals surface area (Å²) in [5.74, 6) is -2.15. The van der Waals surface area contributed by atoms with Gasteiger partial charge in [0.2, 0.25) is 0 Å². The Bertz CT molecular complexity index is 1280. The molecule has 4 amide bonds. The zero-order valence-corrected chi connectivity index (χ0v) is 17.3. The van der Waals surface area contributed by atoms with Crippen LogP contribution in [0.4, 0.5) is 10.5 Å². The number of nitrogens with zero attached hydrogens (tertiary/aromatic N) is 1. The summed E-state index contributed by atoms with van der Waals surface area (Å²) in [4.78, 5) is 49.5. The van der Waals surface area contributed by atoms with Crippen LogP contribution in [-0.2, 0) is 9.59 Å². The minimum Gasteiger partial charge on any atom is -0.478 e. The Balaban J connectivity index is 1.67. The van der Waals surface area contributed by atoms with Crippen LogP contribution >= 0.6 is 15.9 Å². The van der Waals surface area contributed by atoms with Crippen molar-refractivity contribution in [1.82, 2.24) is 5.32 Å². The summed E-state index contributed by atoms with van der Waals surface area (Å²) < 4.78 is 6.34. The second kappa shape index (κ2) is 8.04. The first-order valence-corrected chi connectivity index (χ1v) is 9.73. The van der Waals surface area contributed by atoms with Crippen LogP contribution in [0, 0.1) is 0 Å². The van der Waals surface area contributed by atoms with E-state index in [4.69, 9.17) is 9.52 Å². The van der Waals surface area contributed by atoms with E-state index in [9.17, 15) is 19.2 Å². The van der Waals surface area contributed by atoms with E-state index in [1.54, 1.807) is 42.5 Å². The monoisotopic (exact) mass is 480 g/mol. The molecule has 1 aliphatic rings. The van der Waals surface area contributed by atoms with Gasteiger partial charge in [0.05, 0.1) is 11.3 Å². The predicted molar refractivity (Wildman–Crippen MR) is 114 cm³/mol. The molecule has 0 atom stereocenters. The van der Waals surface area contributed by atoms with Crippen molar-refractivity contribution in [1.29, 1.82) is 0 Å². The van der Waals surface area contributed by atoms with Gasteiger partial charge in [-0.15, -0.1) is 0 Å². The maximum Gasteiger partial charge on any atom is 0.335 e. The van der Waals surface area contributed by atoms with Gasteiger partial charge in [0.15, 0.2) is 0 Å². The summed E-state index contributed by atoms with van der Waals surface area (Å²) in [6.45, 7) is 0. The fraction of sp³-hybridized carbons (Fsp3) is 0. The van der Waals surface area contributed by atoms with Crippen molar-refractivity contribution in [2.24, 2.45) is 0 Å². The molecule has 2 N–H and O–H groups in total. The number of amides is 4. The van der Waals surface area contributed by atoms with E-state index in [1.165, 1.54) is 24.3 Å². The number of benzene rings is 2. The lowest BCUT2D eigenvalue weighted by Crippen LogP contribution is -2.54. The molecule has 2 aromatic carbocycles. The molecule has 1 saturated heterocycles. The molecule has 0 unspecified atom stereocenters. The fourth-order valence-electron chi connectivity index (χ4n) is 3.04. The SMILES string of the molecule is O=C1NC(=O)N(c2cccc(Br)c2)C(=O)/C1=C/c1ccc(-c2cccc(C(=O)O)c2)o1. The second-order valence-electron chi connectivity index (χ2n) is 6.53. The smallest absolute Gasteiger partial charge is 0.335 e. The number of hydrogen-bond donors (Lipinski definition) is 2. The van der Waals surface area contributed by atoms with Crippen LogP contribution in [0.15, 0.2) is 75.1 Å². The molecule has 1 aromatic heterocycles. The van der Waals surface area contributed by atoms with E-state index in [0.29, 0.717) is 21.5 Å². The third-order valence-electron chi connectivity index (χ3n) is 4.48. The molecule has 31 heavy (non-hydrogen) atoms. The largest absolute Gasteiger partial charge is 0.478 e. The third kappa shape index (κ3) is 4.03. The van der Waals surface area contributed by atoms with E-state index >= 15 is 0 Å². The van der Waals surface area contributed by atoms with Crippen molar-refractivity contribution >= 4 is 51.5 Å². The first kappa shape index (κ1) is 20.3. The summed E-state index contributed by atoms with van der Waals surface area (Å²) in [6, 6.07) is 15.0. The van der Waals surface area contributed by atoms with Gasteiger partial charge >= 0.3 is 12.0 Å². The minimum atomic E-state index is -1.07. The van der Waals surface area contributed by atoms with E-state index in [0.717, 1.165) is 4.90 Å². The molecular weight excluding hydrogens is 468 g/mol. The number of nitrogens with one attached hydrogen (secondary N) is 1. The van der Waals surface area contributed by atoms with Crippen LogP contribution in [0.5, 0.6) is 0 Å². The molecule has 0 spiro atoms. The Morgan fingerprint density at radius 1 is 1.03 bits per heavy atom. The van der Waals surface area contributed by atoms with Gasteiger partial charge in [0, 0.05) is 10.0 Å². The normalized spacial score (nSPS) is 15.3. The fourth-order valence-corrected chi connectivity index (χ4v) is 3.43. The van der Waals surface area contributed by atoms with Crippen molar-refractivity contribution in [2.45, 2.75) is 0 Å². The number of carbonyl (C=O) groups is 4. The molecule has 1 aliphatic heterocycles. The molecule has 1 fully saturated rings. The zero-order valence-electron chi connectivity index (χ0n) is 15.7. The summed E-state index contributed by atoms with van der Waals surface area (Å²) in [7, 11) is 0. The van der Waals surface area contributed by atoms with Crippen LogP contribution < -0.4 is 10.2 Å². The molecule has 9 heteroatoms. The predicted octanol–water partition coefficient (Wildman–Crippen LogP) is 4.07. The third-order valence-corrected chi connectivity index (χ3v) is 4.97. The number of furan rings is 1. The van der Waals surface area contributed by atoms with Crippen LogP contribution in [-0.4, -0.2) is 28.9 Å². The maximum absolute atomic E-state index is 12.9. The van der Waals surface area contributed by atoms with E-state index < -0.39 is 23.8 Å². The van der Waals surface area contributed by atoms with Gasteiger partial charge < -0.3 is 9.52 Å². The summed E-state index contributed by atoms with van der Waals surface area (Å²) in [5, 5.41) is 11.3. The summed E-state index contributed by atoms with van der Waals surface area (Å²) >= 11 is 3.29. The van der Waals surface area contributed by atoms with Gasteiger partial charge in [-0.25, -0.2) is 14.5 Å². The molecule has 3 aromatic rings. The number of carboxylic acids is 1. The Morgan fingerprint density at radius 3 is 2.55 bits per heavy atom. The molecule has 2 heterocycles. The lowest BCUT2D eigenvalue weighted by Gasteiger charge is -2.26. The molecule has 8 nitrogen and oxygen atoms in total.